The van der Waals surface area contributed by atoms with Gasteiger partial charge in [0.15, 0.2) is 0 Å². The van der Waals surface area contributed by atoms with E-state index in [9.17, 15) is 0 Å². The number of furan rings is 3. The average molecular weight is 2040 g/mol. The quantitative estimate of drug-likeness (QED) is 0.143. The first kappa shape index (κ1) is 122. The highest BCUT2D eigenvalue weighted by Gasteiger charge is 2.31. The molecule has 0 saturated carbocycles. The van der Waals surface area contributed by atoms with Crippen molar-refractivity contribution in [2.24, 2.45) is 0 Å². The molecule has 0 aliphatic carbocycles. The number of nitrogens with zero attached hydrogens (tertiary/aromatic N) is 6. The van der Waals surface area contributed by atoms with Crippen LogP contribution >= 0.6 is 34.0 Å². The number of pyridine rings is 1. The molecular weight excluding hydrogens is 1860 g/mol. The Morgan fingerprint density at radius 1 is 0.345 bits per heavy atom. The molecule has 0 radical (unpaired) electrons. The lowest BCUT2D eigenvalue weighted by Gasteiger charge is -2.25. The van der Waals surface area contributed by atoms with Crippen LogP contribution in [0, 0.1) is 194 Å². The number of rotatable bonds is 9. The van der Waals surface area contributed by atoms with Crippen molar-refractivity contribution < 1.29 is 13.3 Å². The maximum atomic E-state index is 5.50. The molecule has 12 heteroatoms. The summed E-state index contributed by atoms with van der Waals surface area (Å²) in [4.78, 5) is 9.49. The zero-order valence-corrected chi connectivity index (χ0v) is 98.4. The van der Waals surface area contributed by atoms with E-state index < -0.39 is 0 Å². The van der Waals surface area contributed by atoms with Gasteiger partial charge in [-0.25, -0.2) is 0 Å². The van der Waals surface area contributed by atoms with E-state index in [1.165, 1.54) is 217 Å². The van der Waals surface area contributed by atoms with E-state index in [4.69, 9.17) is 13.3 Å². The number of benzene rings is 10. The third kappa shape index (κ3) is 38.9. The van der Waals surface area contributed by atoms with E-state index in [1.54, 1.807) is 41.5 Å². The van der Waals surface area contributed by atoms with Gasteiger partial charge in [0.1, 0.15) is 17.1 Å². The smallest absolute Gasteiger partial charge is 0.134 e. The summed E-state index contributed by atoms with van der Waals surface area (Å²) in [6.45, 7) is 77.0. The van der Waals surface area contributed by atoms with Gasteiger partial charge in [-0.3, -0.25) is 9.67 Å². The van der Waals surface area contributed by atoms with Crippen LogP contribution in [0.5, 0.6) is 0 Å². The Balaban J connectivity index is 0.000000216. The fraction of sp³-hybridized carbons (Fsp3) is 0.324. The van der Waals surface area contributed by atoms with Gasteiger partial charge in [0, 0.05) is 106 Å². The van der Waals surface area contributed by atoms with Crippen LogP contribution in [0.25, 0.3) is 53.7 Å². The Hall–Kier alpha value is -13.1. The molecular formula is C136H172N6O3S3. The third-order valence-corrected chi connectivity index (χ3v) is 30.7. The first-order valence-electron chi connectivity index (χ1n) is 52.7. The maximum Gasteiger partial charge on any atom is 0.134 e. The van der Waals surface area contributed by atoms with E-state index >= 15 is 0 Å². The van der Waals surface area contributed by atoms with Crippen molar-refractivity contribution in [2.75, 3.05) is 11.4 Å². The van der Waals surface area contributed by atoms with Crippen molar-refractivity contribution in [3.63, 3.8) is 0 Å². The van der Waals surface area contributed by atoms with Gasteiger partial charge in [-0.2, -0.15) is 16.4 Å². The van der Waals surface area contributed by atoms with Gasteiger partial charge in [-0.15, -0.1) is 22.7 Å². The summed E-state index contributed by atoms with van der Waals surface area (Å²) in [7, 11) is 0. The van der Waals surface area contributed by atoms with E-state index in [1.807, 2.05) is 101 Å². The molecule has 0 N–H and O–H groups in total. The summed E-state index contributed by atoms with van der Waals surface area (Å²) in [6.07, 6.45) is 20.5. The lowest BCUT2D eigenvalue weighted by atomic mass is 9.97. The lowest BCUT2D eigenvalue weighted by molar-refractivity contribution is 0.532. The minimum Gasteiger partial charge on any atom is -0.472 e. The van der Waals surface area contributed by atoms with Crippen LogP contribution < -0.4 is 4.90 Å². The Morgan fingerprint density at radius 3 is 1.28 bits per heavy atom. The zero-order valence-electron chi connectivity index (χ0n) is 96.0. The second kappa shape index (κ2) is 63.6. The van der Waals surface area contributed by atoms with Crippen LogP contribution in [0.1, 0.15) is 234 Å². The van der Waals surface area contributed by atoms with Gasteiger partial charge < -0.3 is 27.3 Å². The Bertz CT molecular complexity index is 6720. The van der Waals surface area contributed by atoms with Crippen LogP contribution in [-0.4, -0.2) is 36.5 Å². The molecule has 2 atom stereocenters. The van der Waals surface area contributed by atoms with E-state index in [-0.39, 0.29) is 0 Å². The average Bonchev–Trinajstić information content (AvgIpc) is 1.63. The fourth-order valence-corrected chi connectivity index (χ4v) is 18.6. The van der Waals surface area contributed by atoms with Crippen LogP contribution in [0.15, 0.2) is 328 Å². The van der Waals surface area contributed by atoms with E-state index in [0.29, 0.717) is 12.0 Å². The maximum absolute atomic E-state index is 5.50. The van der Waals surface area contributed by atoms with Crippen LogP contribution in [0.3, 0.4) is 0 Å². The van der Waals surface area contributed by atoms with E-state index in [2.05, 4.69) is 470 Å². The van der Waals surface area contributed by atoms with Crippen molar-refractivity contribution >= 4 is 82.3 Å². The number of thiophene rings is 3. The van der Waals surface area contributed by atoms with Crippen molar-refractivity contribution in [3.05, 3.63) is 475 Å². The van der Waals surface area contributed by atoms with Crippen LogP contribution in [-0.2, 0) is 19.6 Å². The number of anilines is 1. The van der Waals surface area contributed by atoms with Gasteiger partial charge in [-0.1, -0.05) is 241 Å². The van der Waals surface area contributed by atoms with Crippen molar-refractivity contribution in [2.45, 2.75) is 293 Å². The summed E-state index contributed by atoms with van der Waals surface area (Å²) in [5.74, 6) is 2.71. The summed E-state index contributed by atoms with van der Waals surface area (Å²) in [5.41, 5.74) is 38.5. The predicted octanol–water partition coefficient (Wildman–Crippen LogP) is 40.3. The third-order valence-electron chi connectivity index (χ3n) is 27.6. The molecule has 0 bridgehead atoms. The molecule has 148 heavy (non-hydrogen) atoms. The van der Waals surface area contributed by atoms with Crippen LogP contribution in [0.2, 0.25) is 0 Å². The number of aromatic nitrogens is 5. The van der Waals surface area contributed by atoms with Gasteiger partial charge in [-0.05, 0) is 446 Å². The lowest BCUT2D eigenvalue weighted by Crippen LogP contribution is -2.31. The summed E-state index contributed by atoms with van der Waals surface area (Å²) >= 11 is 5.45. The fourth-order valence-electron chi connectivity index (χ4n) is 16.0. The first-order valence-corrected chi connectivity index (χ1v) is 55.3. The highest BCUT2D eigenvalue weighted by molar-refractivity contribution is 7.19. The SMILES string of the molecule is CCCN1c2ccccc2C(C)C1C.CCCn1cc(C)c(C)c1.CCCn1cc(C)c(C)n1.CCCn1ccc(C)c1C.Cc1cc2ccccc2cc1C.Cc1ccc2ccccc2c1C.Cc1ccccc1-c1ccccc1C.Cc1ccccc1C.Cc1cccnc1C.Cc1ccoc1C.Cc1ccsc1C.Cc1cocc1C.Cc1cscc1C.Cc1oc2ccccc2c1C.Cc1sc2ccccc2c1C. The largest absolute Gasteiger partial charge is 0.472 e. The molecule has 20 aromatic rings. The second-order valence-corrected chi connectivity index (χ2v) is 42.2. The molecule has 0 saturated heterocycles. The monoisotopic (exact) mass is 2030 g/mol. The highest BCUT2D eigenvalue weighted by atomic mass is 32.1. The minimum atomic E-state index is 0.660. The molecule has 0 fully saturated rings. The molecule has 11 heterocycles. The molecule has 1 aliphatic rings. The standard InChI is InChI=1S/C14H14.C13H19N.2C12H12.C10H10O.C10H10S.2C9H15N.C8H14N2.C8H10.C7H9N.2C6H8O.2C6H8S/c1-11-7-3-5-9-13(11)14-10-6-4-8-12(14)2;1-4-9-14-11(3)10(2)12-7-5-6-8-13(12)14;1-9-7-11-5-3-4-6-12(11)8-10(9)2;1-9-7-8-11-5-3-4-6-12(11)10(9)2;2*1-7-8(2)11-10-6-4-3-5-9(7)10;1-4-6-10-7-5-8(2)9(10)3;1-4-5-10-6-8(2)9(3)7-10;1-4-5-10-6-7(2)8(3)9-10;1-7-5-3-4-6-8(7)2;1-6-4-3-5-8-7(6)2;1-5-3-7-4-6(5)2;1-5-3-4-7-6(5)2;1-5-3-7-4-6(5)2;1-5-3-4-7-6(5)2/h3-10H,1-2H3;5-8,10-11H,4,9H2,1-3H3;2*3-8H,1-2H3;2*3-6H,1-2H3;5,7H,4,6H2,1-3H3;6-7H,4-5H2,1-3H3;6H,4-5H2,1-3H3;3-6H,1-2H3;3-5H,1-2H3;4*3-4H,1-2H3. The topological polar surface area (TPSA) is 83.2 Å². The Kier molecular flexibility index (Phi) is 52.3. The summed E-state index contributed by atoms with van der Waals surface area (Å²) in [5, 5.41) is 18.8. The highest BCUT2D eigenvalue weighted by Crippen LogP contribution is 2.41. The van der Waals surface area contributed by atoms with E-state index in [0.717, 1.165) is 54.5 Å². The molecule has 9 nitrogen and oxygen atoms in total. The van der Waals surface area contributed by atoms with Crippen molar-refractivity contribution in [1.82, 2.24) is 23.9 Å². The predicted molar refractivity (Wildman–Crippen MR) is 651 cm³/mol. The zero-order chi connectivity index (χ0) is 109. The van der Waals surface area contributed by atoms with Gasteiger partial charge in [0.25, 0.3) is 0 Å². The van der Waals surface area contributed by atoms with Crippen molar-refractivity contribution in [3.8, 4) is 11.1 Å². The number of para-hydroxylation sites is 2. The number of hydrogen-bond donors (Lipinski definition) is 0. The second-order valence-electron chi connectivity index (χ2n) is 39.1. The number of hydrogen-bond acceptors (Lipinski definition) is 9. The van der Waals surface area contributed by atoms with Gasteiger partial charge in [0.2, 0.25) is 0 Å². The molecule has 0 spiro atoms. The number of fused-ring (bicyclic) bond motifs is 5. The van der Waals surface area contributed by atoms with Gasteiger partial charge in [0.05, 0.1) is 24.5 Å². The van der Waals surface area contributed by atoms with Crippen LogP contribution in [0.4, 0.5) is 5.69 Å². The number of aryl methyl sites for hydroxylation is 30. The molecule has 21 rings (SSSR count). The molecule has 2 unspecified atom stereocenters. The molecule has 0 amide bonds. The Labute approximate surface area is 903 Å². The minimum absolute atomic E-state index is 0.660. The molecule has 782 valence electrons. The first-order chi connectivity index (χ1) is 70.7. The molecule has 10 aromatic carbocycles. The summed E-state index contributed by atoms with van der Waals surface area (Å²) < 4.78 is 23.3. The van der Waals surface area contributed by atoms with Gasteiger partial charge >= 0.3 is 0 Å². The molecule has 1 aliphatic heterocycles. The normalized spacial score (nSPS) is 11.5. The summed E-state index contributed by atoms with van der Waals surface area (Å²) in [6, 6.07) is 87.6. The van der Waals surface area contributed by atoms with Crippen molar-refractivity contribution in [1.29, 1.82) is 0 Å². The Morgan fingerprint density at radius 2 is 0.851 bits per heavy atom. The molecule has 10 aromatic heterocycles.